The van der Waals surface area contributed by atoms with E-state index >= 15 is 0 Å². The first-order chi connectivity index (χ1) is 9.23. The molecule has 2 rings (SSSR count). The van der Waals surface area contributed by atoms with Crippen molar-refractivity contribution in [3.63, 3.8) is 0 Å². The summed E-state index contributed by atoms with van der Waals surface area (Å²) in [6, 6.07) is 1.31. The van der Waals surface area contributed by atoms with Gasteiger partial charge in [-0.15, -0.1) is 0 Å². The molecule has 0 bridgehead atoms. The number of aliphatic hydroxyl groups is 1. The van der Waals surface area contributed by atoms with Crippen molar-refractivity contribution >= 4 is 26.0 Å². The lowest BCUT2D eigenvalue weighted by atomic mass is 9.76. The number of rotatable bonds is 4. The summed E-state index contributed by atoms with van der Waals surface area (Å²) in [6.45, 7) is 4.08. The summed E-state index contributed by atoms with van der Waals surface area (Å²) < 4.78 is 32.6. The zero-order valence-corrected chi connectivity index (χ0v) is 14.1. The van der Waals surface area contributed by atoms with Crippen LogP contribution in [0.15, 0.2) is 20.0 Å². The molecule has 1 aromatic rings. The summed E-state index contributed by atoms with van der Waals surface area (Å²) in [5, 5.41) is 8.99. The normalized spacial score (nSPS) is 20.2. The van der Waals surface area contributed by atoms with Gasteiger partial charge in [0, 0.05) is 12.1 Å². The minimum absolute atomic E-state index is 0.0348. The van der Waals surface area contributed by atoms with Crippen molar-refractivity contribution in [1.29, 1.82) is 0 Å². The van der Waals surface area contributed by atoms with Gasteiger partial charge in [0.25, 0.3) is 0 Å². The van der Waals surface area contributed by atoms with E-state index in [4.69, 9.17) is 9.52 Å². The van der Waals surface area contributed by atoms with Crippen molar-refractivity contribution in [3.05, 3.63) is 16.5 Å². The molecule has 7 heteroatoms. The van der Waals surface area contributed by atoms with Crippen LogP contribution in [0.1, 0.15) is 45.3 Å². The second-order valence-electron chi connectivity index (χ2n) is 6.07. The molecule has 0 unspecified atom stereocenters. The molecule has 1 aliphatic rings. The van der Waals surface area contributed by atoms with E-state index in [-0.39, 0.29) is 28.0 Å². The molecule has 0 spiro atoms. The Labute approximate surface area is 127 Å². The highest BCUT2D eigenvalue weighted by molar-refractivity contribution is 9.10. The van der Waals surface area contributed by atoms with Gasteiger partial charge >= 0.3 is 0 Å². The first-order valence-corrected chi connectivity index (χ1v) is 8.92. The number of hydrogen-bond acceptors (Lipinski definition) is 4. The summed E-state index contributed by atoms with van der Waals surface area (Å²) in [5.74, 6) is 0.224. The molecule has 1 aliphatic carbocycles. The minimum Gasteiger partial charge on any atom is -0.450 e. The number of furan rings is 1. The number of hydrogen-bond donors (Lipinski definition) is 2. The minimum atomic E-state index is -3.62. The van der Waals surface area contributed by atoms with Crippen LogP contribution in [0.2, 0.25) is 0 Å². The molecule has 0 amide bonds. The summed E-state index contributed by atoms with van der Waals surface area (Å²) in [6.07, 6.45) is 3.70. The van der Waals surface area contributed by atoms with E-state index in [0.29, 0.717) is 5.41 Å². The first-order valence-electron chi connectivity index (χ1n) is 6.65. The fourth-order valence-corrected chi connectivity index (χ4v) is 4.76. The largest absolute Gasteiger partial charge is 0.450 e. The van der Waals surface area contributed by atoms with E-state index < -0.39 is 10.0 Å². The predicted octanol–water partition coefficient (Wildman–Crippen LogP) is 2.78. The highest BCUT2D eigenvalue weighted by Gasteiger charge is 2.31. The second-order valence-corrected chi connectivity index (χ2v) is 8.47. The molecule has 1 heterocycles. The van der Waals surface area contributed by atoms with E-state index in [2.05, 4.69) is 34.5 Å². The van der Waals surface area contributed by atoms with Gasteiger partial charge in [0.15, 0.2) is 4.67 Å². The Hall–Kier alpha value is -0.370. The summed E-state index contributed by atoms with van der Waals surface area (Å²) in [4.78, 5) is 0.0476. The topological polar surface area (TPSA) is 79.5 Å². The molecular weight excluding hydrogens is 346 g/mol. The molecule has 2 N–H and O–H groups in total. The van der Waals surface area contributed by atoms with Crippen LogP contribution in [-0.4, -0.2) is 19.6 Å². The molecule has 1 aromatic heterocycles. The van der Waals surface area contributed by atoms with Gasteiger partial charge in [0.05, 0.1) is 0 Å². The number of nitrogens with one attached hydrogen (secondary N) is 1. The number of sulfonamides is 1. The van der Waals surface area contributed by atoms with Crippen LogP contribution in [0.5, 0.6) is 0 Å². The molecule has 1 fully saturated rings. The van der Waals surface area contributed by atoms with Gasteiger partial charge < -0.3 is 9.52 Å². The molecule has 5 nitrogen and oxygen atoms in total. The Kier molecular flexibility index (Phi) is 4.63. The van der Waals surface area contributed by atoms with Gasteiger partial charge in [-0.2, -0.15) is 0 Å². The molecule has 1 saturated carbocycles. The maximum Gasteiger partial charge on any atom is 0.245 e. The van der Waals surface area contributed by atoms with Gasteiger partial charge in [-0.25, -0.2) is 13.1 Å². The summed E-state index contributed by atoms with van der Waals surface area (Å²) in [7, 11) is -3.62. The van der Waals surface area contributed by atoms with Crippen molar-refractivity contribution in [2.24, 2.45) is 5.41 Å². The van der Waals surface area contributed by atoms with Crippen LogP contribution in [0.3, 0.4) is 0 Å². The zero-order chi connectivity index (χ0) is 15.0. The van der Waals surface area contributed by atoms with Crippen LogP contribution in [0.25, 0.3) is 0 Å². The zero-order valence-electron chi connectivity index (χ0n) is 11.6. The standard InChI is InChI=1S/C13H20BrNO4S/c1-13(2)5-3-9(4-6-13)15-20(17,18)11-7-10(8-16)19-12(11)14/h7,9,15-16H,3-6,8H2,1-2H3. The van der Waals surface area contributed by atoms with Crippen LogP contribution in [0.4, 0.5) is 0 Å². The van der Waals surface area contributed by atoms with Crippen molar-refractivity contribution in [2.75, 3.05) is 0 Å². The first kappa shape index (κ1) is 16.0. The Morgan fingerprint density at radius 2 is 2.05 bits per heavy atom. The number of aliphatic hydroxyl groups excluding tert-OH is 1. The van der Waals surface area contributed by atoms with Gasteiger partial charge in [0.2, 0.25) is 10.0 Å². The SMILES string of the molecule is CC1(C)CCC(NS(=O)(=O)c2cc(CO)oc2Br)CC1. The van der Waals surface area contributed by atoms with Crippen LogP contribution in [0, 0.1) is 5.41 Å². The summed E-state index contributed by atoms with van der Waals surface area (Å²) in [5.41, 5.74) is 0.294. The van der Waals surface area contributed by atoms with E-state index in [1.165, 1.54) is 6.07 Å². The Morgan fingerprint density at radius 1 is 1.45 bits per heavy atom. The second kappa shape index (κ2) is 5.79. The van der Waals surface area contributed by atoms with Crippen molar-refractivity contribution < 1.29 is 17.9 Å². The fourth-order valence-electron chi connectivity index (χ4n) is 2.46. The predicted molar refractivity (Wildman–Crippen MR) is 78.7 cm³/mol. The molecule has 0 aromatic carbocycles. The Morgan fingerprint density at radius 3 is 2.55 bits per heavy atom. The fraction of sp³-hybridized carbons (Fsp3) is 0.692. The van der Waals surface area contributed by atoms with Gasteiger partial charge in [-0.1, -0.05) is 13.8 Å². The third-order valence-corrected chi connectivity index (χ3v) is 6.19. The van der Waals surface area contributed by atoms with Crippen molar-refractivity contribution in [3.8, 4) is 0 Å². The summed E-state index contributed by atoms with van der Waals surface area (Å²) >= 11 is 3.08. The van der Waals surface area contributed by atoms with E-state index in [1.54, 1.807) is 0 Å². The van der Waals surface area contributed by atoms with E-state index in [1.807, 2.05) is 0 Å². The maximum atomic E-state index is 12.3. The maximum absolute atomic E-state index is 12.3. The third-order valence-electron chi connectivity index (χ3n) is 3.81. The van der Waals surface area contributed by atoms with Gasteiger partial charge in [-0.05, 0) is 47.0 Å². The van der Waals surface area contributed by atoms with Crippen LogP contribution >= 0.6 is 15.9 Å². The molecule has 114 valence electrons. The lowest BCUT2D eigenvalue weighted by molar-refractivity contribution is 0.218. The average molecular weight is 366 g/mol. The van der Waals surface area contributed by atoms with E-state index in [0.717, 1.165) is 25.7 Å². The average Bonchev–Trinajstić information content (AvgIpc) is 2.74. The molecule has 0 saturated heterocycles. The smallest absolute Gasteiger partial charge is 0.245 e. The highest BCUT2D eigenvalue weighted by Crippen LogP contribution is 2.36. The number of halogens is 1. The third kappa shape index (κ3) is 3.63. The lowest BCUT2D eigenvalue weighted by Crippen LogP contribution is -2.39. The molecule has 0 aliphatic heterocycles. The van der Waals surface area contributed by atoms with Gasteiger partial charge in [-0.3, -0.25) is 0 Å². The van der Waals surface area contributed by atoms with Crippen LogP contribution in [-0.2, 0) is 16.6 Å². The van der Waals surface area contributed by atoms with Gasteiger partial charge in [0.1, 0.15) is 17.3 Å². The Balaban J connectivity index is 2.10. The quantitative estimate of drug-likeness (QED) is 0.859. The molecule has 0 atom stereocenters. The lowest BCUT2D eigenvalue weighted by Gasteiger charge is -2.34. The Bertz CT molecular complexity index is 569. The molecule has 20 heavy (non-hydrogen) atoms. The van der Waals surface area contributed by atoms with Crippen molar-refractivity contribution in [2.45, 2.75) is 57.1 Å². The highest BCUT2D eigenvalue weighted by atomic mass is 79.9. The molecule has 0 radical (unpaired) electrons. The molecular formula is C13H20BrNO4S. The van der Waals surface area contributed by atoms with E-state index in [9.17, 15) is 8.42 Å². The van der Waals surface area contributed by atoms with Crippen molar-refractivity contribution in [1.82, 2.24) is 4.72 Å². The van der Waals surface area contributed by atoms with Crippen LogP contribution < -0.4 is 4.72 Å². The monoisotopic (exact) mass is 365 g/mol.